The zero-order valence-corrected chi connectivity index (χ0v) is 17.8. The smallest absolute Gasteiger partial charge is 0.293 e. The molecule has 0 N–H and O–H groups in total. The molecule has 164 valence electrons. The Bertz CT molecular complexity index is 764. The van der Waals surface area contributed by atoms with Crippen LogP contribution in [-0.4, -0.2) is 79.2 Å². The van der Waals surface area contributed by atoms with Gasteiger partial charge >= 0.3 is 0 Å². The molecule has 8 nitrogen and oxygen atoms in total. The van der Waals surface area contributed by atoms with Crippen LogP contribution in [0, 0.1) is 16.0 Å². The van der Waals surface area contributed by atoms with Gasteiger partial charge in [0.1, 0.15) is 5.69 Å². The third kappa shape index (κ3) is 4.59. The lowest BCUT2D eigenvalue weighted by Crippen LogP contribution is -2.51. The van der Waals surface area contributed by atoms with Crippen molar-refractivity contribution < 1.29 is 14.5 Å². The maximum absolute atomic E-state index is 12.7. The molecule has 0 aromatic heterocycles. The first kappa shape index (κ1) is 21.1. The largest absolute Gasteiger partial charge is 0.378 e. The van der Waals surface area contributed by atoms with Crippen LogP contribution < -0.4 is 4.90 Å². The molecule has 30 heavy (non-hydrogen) atoms. The number of hydrogen-bond donors (Lipinski definition) is 0. The molecule has 1 aromatic rings. The van der Waals surface area contributed by atoms with Crippen molar-refractivity contribution in [2.75, 3.05) is 57.4 Å². The van der Waals surface area contributed by atoms with E-state index in [0.717, 1.165) is 32.1 Å². The van der Waals surface area contributed by atoms with Crippen molar-refractivity contribution in [3.8, 4) is 0 Å². The van der Waals surface area contributed by atoms with E-state index in [0.29, 0.717) is 43.6 Å². The predicted molar refractivity (Wildman–Crippen MR) is 115 cm³/mol. The van der Waals surface area contributed by atoms with Crippen LogP contribution >= 0.6 is 0 Å². The summed E-state index contributed by atoms with van der Waals surface area (Å²) in [7, 11) is 0. The van der Waals surface area contributed by atoms with E-state index in [1.807, 2.05) is 0 Å². The van der Waals surface area contributed by atoms with Crippen LogP contribution in [0.5, 0.6) is 0 Å². The van der Waals surface area contributed by atoms with Crippen LogP contribution in [0.15, 0.2) is 18.2 Å². The maximum atomic E-state index is 12.7. The number of nitrogens with zero attached hydrogens (tertiary/aromatic N) is 4. The first-order chi connectivity index (χ1) is 14.5. The van der Waals surface area contributed by atoms with Crippen molar-refractivity contribution in [3.63, 3.8) is 0 Å². The topological polar surface area (TPSA) is 79.2 Å². The van der Waals surface area contributed by atoms with E-state index in [-0.39, 0.29) is 16.5 Å². The van der Waals surface area contributed by atoms with Gasteiger partial charge in [0.05, 0.1) is 18.1 Å². The molecule has 0 radical (unpaired) electrons. The number of nitro benzene ring substituents is 1. The quantitative estimate of drug-likeness (QED) is 0.555. The summed E-state index contributed by atoms with van der Waals surface area (Å²) in [6.45, 7) is 7.84. The molecule has 1 saturated carbocycles. The van der Waals surface area contributed by atoms with E-state index in [1.54, 1.807) is 17.0 Å². The molecule has 0 spiro atoms. The fourth-order valence-corrected chi connectivity index (χ4v) is 4.95. The number of rotatable bonds is 4. The van der Waals surface area contributed by atoms with Crippen LogP contribution in [0.4, 0.5) is 11.4 Å². The van der Waals surface area contributed by atoms with Crippen molar-refractivity contribution >= 4 is 17.3 Å². The summed E-state index contributed by atoms with van der Waals surface area (Å²) >= 11 is 0. The van der Waals surface area contributed by atoms with Crippen LogP contribution in [-0.2, 0) is 4.74 Å². The summed E-state index contributed by atoms with van der Waals surface area (Å²) in [5.41, 5.74) is 1.02. The minimum Gasteiger partial charge on any atom is -0.378 e. The molecule has 3 aliphatic rings. The summed E-state index contributed by atoms with van der Waals surface area (Å²) < 4.78 is 5.29. The molecule has 0 atom stereocenters. The Morgan fingerprint density at radius 1 is 1.03 bits per heavy atom. The van der Waals surface area contributed by atoms with E-state index in [9.17, 15) is 14.9 Å². The molecule has 8 heteroatoms. The average Bonchev–Trinajstić information content (AvgIpc) is 2.79. The third-order valence-corrected chi connectivity index (χ3v) is 6.87. The van der Waals surface area contributed by atoms with Crippen molar-refractivity contribution in [2.45, 2.75) is 38.6 Å². The second kappa shape index (κ2) is 9.31. The van der Waals surface area contributed by atoms with E-state index >= 15 is 0 Å². The summed E-state index contributed by atoms with van der Waals surface area (Å²) in [6, 6.07) is 5.59. The molecule has 0 bridgehead atoms. The number of hydrogen-bond acceptors (Lipinski definition) is 6. The Labute approximate surface area is 177 Å². The lowest BCUT2D eigenvalue weighted by Gasteiger charge is -2.42. The third-order valence-electron chi connectivity index (χ3n) is 6.87. The lowest BCUT2D eigenvalue weighted by molar-refractivity contribution is -0.384. The summed E-state index contributed by atoms with van der Waals surface area (Å²) in [5.74, 6) is 0.674. The Morgan fingerprint density at radius 2 is 1.70 bits per heavy atom. The van der Waals surface area contributed by atoms with Gasteiger partial charge in [-0.2, -0.15) is 0 Å². The Morgan fingerprint density at radius 3 is 2.33 bits per heavy atom. The second-order valence-corrected chi connectivity index (χ2v) is 8.80. The number of carbonyl (C=O) groups excluding carboxylic acids is 1. The van der Waals surface area contributed by atoms with Gasteiger partial charge in [-0.3, -0.25) is 19.8 Å². The highest BCUT2D eigenvalue weighted by Crippen LogP contribution is 2.32. The van der Waals surface area contributed by atoms with Gasteiger partial charge in [0.2, 0.25) is 0 Å². The zero-order chi connectivity index (χ0) is 21.1. The summed E-state index contributed by atoms with van der Waals surface area (Å²) in [6.07, 6.45) is 5.13. The first-order valence-corrected chi connectivity index (χ1v) is 11.2. The fourth-order valence-electron chi connectivity index (χ4n) is 4.95. The van der Waals surface area contributed by atoms with Crippen LogP contribution in [0.2, 0.25) is 0 Å². The monoisotopic (exact) mass is 416 g/mol. The fraction of sp³-hybridized carbons (Fsp3) is 0.682. The predicted octanol–water partition coefficient (Wildman–Crippen LogP) is 2.77. The molecule has 3 fully saturated rings. The van der Waals surface area contributed by atoms with Gasteiger partial charge in [-0.15, -0.1) is 0 Å². The molecule has 2 heterocycles. The van der Waals surface area contributed by atoms with Gasteiger partial charge in [0.15, 0.2) is 0 Å². The van der Waals surface area contributed by atoms with Crippen molar-refractivity contribution in [1.29, 1.82) is 0 Å². The maximum Gasteiger partial charge on any atom is 0.293 e. The van der Waals surface area contributed by atoms with Crippen LogP contribution in [0.3, 0.4) is 0 Å². The highest BCUT2D eigenvalue weighted by atomic mass is 16.6. The normalized spacial score (nSPS) is 25.9. The standard InChI is InChI=1S/C22H32N4O4/c1-17-2-5-19(6-3-17)23-8-10-24(11-9-23)20-7-4-18(16-21(20)26(28)29)22(27)25-12-14-30-15-13-25/h4,7,16-17,19H,2-3,5-6,8-15H2,1H3. The number of benzene rings is 1. The number of nitro groups is 1. The van der Waals surface area contributed by atoms with Gasteiger partial charge in [-0.05, 0) is 43.7 Å². The molecule has 1 amide bonds. The van der Waals surface area contributed by atoms with Crippen LogP contribution in [0.1, 0.15) is 43.0 Å². The van der Waals surface area contributed by atoms with Gasteiger partial charge in [0, 0.05) is 56.9 Å². The number of piperazine rings is 1. The molecular weight excluding hydrogens is 384 g/mol. The Balaban J connectivity index is 1.44. The molecule has 0 unspecified atom stereocenters. The lowest BCUT2D eigenvalue weighted by atomic mass is 9.86. The minimum absolute atomic E-state index is 0.0223. The zero-order valence-electron chi connectivity index (χ0n) is 17.8. The Kier molecular flexibility index (Phi) is 6.53. The molecule has 1 aliphatic carbocycles. The summed E-state index contributed by atoms with van der Waals surface area (Å²) in [4.78, 5) is 30.5. The molecule has 4 rings (SSSR count). The van der Waals surface area contributed by atoms with Crippen molar-refractivity contribution in [3.05, 3.63) is 33.9 Å². The van der Waals surface area contributed by atoms with Crippen molar-refractivity contribution in [2.24, 2.45) is 5.92 Å². The summed E-state index contributed by atoms with van der Waals surface area (Å²) in [5, 5.41) is 11.8. The van der Waals surface area contributed by atoms with Gasteiger partial charge < -0.3 is 14.5 Å². The number of anilines is 1. The van der Waals surface area contributed by atoms with Crippen molar-refractivity contribution in [1.82, 2.24) is 9.80 Å². The molecule has 2 saturated heterocycles. The minimum atomic E-state index is -0.361. The molecule has 1 aromatic carbocycles. The Hall–Kier alpha value is -2.19. The number of ether oxygens (including phenoxy) is 1. The molecular formula is C22H32N4O4. The second-order valence-electron chi connectivity index (χ2n) is 8.80. The van der Waals surface area contributed by atoms with E-state index < -0.39 is 0 Å². The number of amides is 1. The van der Waals surface area contributed by atoms with E-state index in [2.05, 4.69) is 16.7 Å². The average molecular weight is 417 g/mol. The molecule has 2 aliphatic heterocycles. The van der Waals surface area contributed by atoms with E-state index in [1.165, 1.54) is 31.7 Å². The number of carbonyl (C=O) groups is 1. The number of morpholine rings is 1. The van der Waals surface area contributed by atoms with Crippen LogP contribution in [0.25, 0.3) is 0 Å². The highest BCUT2D eigenvalue weighted by Gasteiger charge is 2.30. The van der Waals surface area contributed by atoms with E-state index in [4.69, 9.17) is 4.74 Å². The van der Waals surface area contributed by atoms with Gasteiger partial charge in [0.25, 0.3) is 11.6 Å². The van der Waals surface area contributed by atoms with Gasteiger partial charge in [-0.1, -0.05) is 6.92 Å². The first-order valence-electron chi connectivity index (χ1n) is 11.2. The van der Waals surface area contributed by atoms with Gasteiger partial charge in [-0.25, -0.2) is 0 Å². The SMILES string of the molecule is CC1CCC(N2CCN(c3ccc(C(=O)N4CCOCC4)cc3[N+](=O)[O-])CC2)CC1. The highest BCUT2D eigenvalue weighted by molar-refractivity contribution is 5.96.